The Morgan fingerprint density at radius 3 is 2.79 bits per heavy atom. The number of aryl methyl sites for hydroxylation is 2. The molecule has 0 saturated carbocycles. The summed E-state index contributed by atoms with van der Waals surface area (Å²) in [7, 11) is 4.37. The van der Waals surface area contributed by atoms with Crippen LogP contribution < -0.4 is 10.2 Å². The van der Waals surface area contributed by atoms with E-state index in [2.05, 4.69) is 53.6 Å². The Kier molecular flexibility index (Phi) is 4.21. The van der Waals surface area contributed by atoms with Gasteiger partial charge in [-0.2, -0.15) is 0 Å². The molecule has 4 nitrogen and oxygen atoms in total. The quantitative estimate of drug-likeness (QED) is 0.750. The van der Waals surface area contributed by atoms with Crippen molar-refractivity contribution >= 4 is 27.4 Å². The van der Waals surface area contributed by atoms with Gasteiger partial charge in [-0.25, -0.2) is 9.97 Å². The number of anilines is 1. The number of thiophene rings is 1. The molecule has 24 heavy (non-hydrogen) atoms. The van der Waals surface area contributed by atoms with Crippen LogP contribution in [0, 0.1) is 0 Å². The molecule has 124 valence electrons. The molecule has 0 radical (unpaired) electrons. The number of quaternary nitrogens is 1. The zero-order valence-corrected chi connectivity index (χ0v) is 15.0. The van der Waals surface area contributed by atoms with E-state index in [-0.39, 0.29) is 0 Å². The first kappa shape index (κ1) is 15.5. The number of hydrogen-bond acceptors (Lipinski definition) is 4. The van der Waals surface area contributed by atoms with E-state index >= 15 is 0 Å². The highest BCUT2D eigenvalue weighted by molar-refractivity contribution is 7.19. The average molecular weight is 339 g/mol. The first-order valence-electron chi connectivity index (χ1n) is 8.57. The standard InChI is InChI=1S/C19H22N4S/c1-23(2)11-14-7-4-3-6-13(14)10-20-18-17-15-8-5-9-16(15)24-19(17)22-12-21-18/h3-4,6-7,12H,5,8-11H2,1-2H3,(H,20,21,22)/p+1. The first-order valence-corrected chi connectivity index (χ1v) is 9.39. The van der Waals surface area contributed by atoms with Crippen LogP contribution >= 0.6 is 11.3 Å². The van der Waals surface area contributed by atoms with Gasteiger partial charge >= 0.3 is 0 Å². The van der Waals surface area contributed by atoms with E-state index in [0.29, 0.717) is 0 Å². The molecule has 2 heterocycles. The predicted octanol–water partition coefficient (Wildman–Crippen LogP) is 2.44. The van der Waals surface area contributed by atoms with E-state index in [1.807, 2.05) is 11.3 Å². The second-order valence-electron chi connectivity index (χ2n) is 6.77. The summed E-state index contributed by atoms with van der Waals surface area (Å²) in [6, 6.07) is 8.67. The molecule has 1 aromatic carbocycles. The van der Waals surface area contributed by atoms with Gasteiger partial charge in [-0.1, -0.05) is 24.3 Å². The zero-order chi connectivity index (χ0) is 16.5. The fourth-order valence-corrected chi connectivity index (χ4v) is 4.75. The number of fused-ring (bicyclic) bond motifs is 3. The summed E-state index contributed by atoms with van der Waals surface area (Å²) in [6.07, 6.45) is 5.31. The third kappa shape index (κ3) is 2.89. The summed E-state index contributed by atoms with van der Waals surface area (Å²) in [4.78, 5) is 13.1. The minimum absolute atomic E-state index is 0.806. The summed E-state index contributed by atoms with van der Waals surface area (Å²) in [5.74, 6) is 0.992. The van der Waals surface area contributed by atoms with Crippen molar-refractivity contribution in [3.05, 3.63) is 52.2 Å². The lowest BCUT2D eigenvalue weighted by atomic mass is 10.1. The number of hydrogen-bond donors (Lipinski definition) is 2. The molecule has 0 unspecified atom stereocenters. The molecule has 2 aromatic heterocycles. The fraction of sp³-hybridized carbons (Fsp3) is 0.368. The lowest BCUT2D eigenvalue weighted by Gasteiger charge is -2.13. The second-order valence-corrected chi connectivity index (χ2v) is 7.85. The van der Waals surface area contributed by atoms with Gasteiger partial charge < -0.3 is 10.2 Å². The Labute approximate surface area is 146 Å². The molecular weight excluding hydrogens is 316 g/mol. The number of nitrogens with zero attached hydrogens (tertiary/aromatic N) is 2. The molecule has 0 spiro atoms. The van der Waals surface area contributed by atoms with Gasteiger partial charge in [0.25, 0.3) is 0 Å². The minimum Gasteiger partial charge on any atom is -0.365 e. The highest BCUT2D eigenvalue weighted by atomic mass is 32.1. The SMILES string of the molecule is C[NH+](C)Cc1ccccc1CNc1ncnc2sc3c(c12)CCC3. The molecule has 4 rings (SSSR count). The molecule has 3 aromatic rings. The van der Waals surface area contributed by atoms with Crippen molar-refractivity contribution < 1.29 is 4.90 Å². The average Bonchev–Trinajstić information content (AvgIpc) is 3.14. The van der Waals surface area contributed by atoms with E-state index in [4.69, 9.17) is 0 Å². The molecule has 0 aliphatic heterocycles. The monoisotopic (exact) mass is 339 g/mol. The van der Waals surface area contributed by atoms with E-state index in [1.165, 1.54) is 44.7 Å². The molecule has 1 aliphatic carbocycles. The Morgan fingerprint density at radius 1 is 1.12 bits per heavy atom. The molecule has 0 bridgehead atoms. The fourth-order valence-electron chi connectivity index (χ4n) is 3.52. The van der Waals surface area contributed by atoms with E-state index in [0.717, 1.165) is 30.2 Å². The molecule has 1 aliphatic rings. The lowest BCUT2D eigenvalue weighted by Crippen LogP contribution is -3.04. The van der Waals surface area contributed by atoms with E-state index < -0.39 is 0 Å². The largest absolute Gasteiger partial charge is 0.365 e. The Balaban J connectivity index is 1.62. The van der Waals surface area contributed by atoms with Crippen molar-refractivity contribution in [2.24, 2.45) is 0 Å². The first-order chi connectivity index (χ1) is 11.7. The minimum atomic E-state index is 0.806. The van der Waals surface area contributed by atoms with Crippen LogP contribution in [0.4, 0.5) is 5.82 Å². The van der Waals surface area contributed by atoms with Gasteiger partial charge in [0, 0.05) is 17.0 Å². The highest BCUT2D eigenvalue weighted by Gasteiger charge is 2.21. The van der Waals surface area contributed by atoms with Crippen molar-refractivity contribution in [1.82, 2.24) is 9.97 Å². The molecule has 0 saturated heterocycles. The van der Waals surface area contributed by atoms with Gasteiger partial charge in [-0.05, 0) is 30.4 Å². The third-order valence-electron chi connectivity index (χ3n) is 4.61. The van der Waals surface area contributed by atoms with Gasteiger partial charge in [-0.3, -0.25) is 0 Å². The smallest absolute Gasteiger partial charge is 0.138 e. The molecule has 0 atom stereocenters. The normalized spacial score (nSPS) is 13.6. The van der Waals surface area contributed by atoms with Crippen LogP contribution in [0.2, 0.25) is 0 Å². The van der Waals surface area contributed by atoms with Gasteiger partial charge in [0.1, 0.15) is 23.5 Å². The molecule has 5 heteroatoms. The Morgan fingerprint density at radius 2 is 1.96 bits per heavy atom. The summed E-state index contributed by atoms with van der Waals surface area (Å²) in [5, 5.41) is 4.84. The maximum absolute atomic E-state index is 4.54. The third-order valence-corrected chi connectivity index (χ3v) is 5.81. The number of rotatable bonds is 5. The molecule has 0 fully saturated rings. The molecule has 2 N–H and O–H groups in total. The summed E-state index contributed by atoms with van der Waals surface area (Å²) in [5.41, 5.74) is 4.22. The molecular formula is C19H23N4S+. The van der Waals surface area contributed by atoms with Crippen LogP contribution in [0.3, 0.4) is 0 Å². The van der Waals surface area contributed by atoms with Crippen LogP contribution in [0.1, 0.15) is 28.0 Å². The van der Waals surface area contributed by atoms with Crippen LogP contribution in [-0.2, 0) is 25.9 Å². The van der Waals surface area contributed by atoms with Crippen molar-refractivity contribution in [2.45, 2.75) is 32.4 Å². The summed E-state index contributed by atoms with van der Waals surface area (Å²) < 4.78 is 0. The van der Waals surface area contributed by atoms with Crippen LogP contribution in [0.25, 0.3) is 10.2 Å². The summed E-state index contributed by atoms with van der Waals surface area (Å²) >= 11 is 1.84. The van der Waals surface area contributed by atoms with Crippen molar-refractivity contribution in [2.75, 3.05) is 19.4 Å². The highest BCUT2D eigenvalue weighted by Crippen LogP contribution is 2.39. The summed E-state index contributed by atoms with van der Waals surface area (Å²) in [6.45, 7) is 1.84. The van der Waals surface area contributed by atoms with Crippen molar-refractivity contribution in [1.29, 1.82) is 0 Å². The zero-order valence-electron chi connectivity index (χ0n) is 14.2. The molecule has 0 amide bonds. The van der Waals surface area contributed by atoms with Crippen LogP contribution in [0.15, 0.2) is 30.6 Å². The number of aromatic nitrogens is 2. The van der Waals surface area contributed by atoms with Crippen LogP contribution in [0.5, 0.6) is 0 Å². The van der Waals surface area contributed by atoms with Crippen LogP contribution in [-0.4, -0.2) is 24.1 Å². The van der Waals surface area contributed by atoms with Gasteiger partial charge in [0.05, 0.1) is 19.5 Å². The number of nitrogens with one attached hydrogen (secondary N) is 2. The second kappa shape index (κ2) is 6.49. The Hall–Kier alpha value is -1.98. The maximum atomic E-state index is 4.54. The number of benzene rings is 1. The van der Waals surface area contributed by atoms with E-state index in [1.54, 1.807) is 6.33 Å². The Bertz CT molecular complexity index is 869. The predicted molar refractivity (Wildman–Crippen MR) is 99.7 cm³/mol. The van der Waals surface area contributed by atoms with Gasteiger partial charge in [0.15, 0.2) is 0 Å². The van der Waals surface area contributed by atoms with Gasteiger partial charge in [-0.15, -0.1) is 11.3 Å². The lowest BCUT2D eigenvalue weighted by molar-refractivity contribution is -0.872. The van der Waals surface area contributed by atoms with Crippen molar-refractivity contribution in [3.8, 4) is 0 Å². The maximum Gasteiger partial charge on any atom is 0.138 e. The topological polar surface area (TPSA) is 42.2 Å². The van der Waals surface area contributed by atoms with E-state index in [9.17, 15) is 0 Å². The van der Waals surface area contributed by atoms with Crippen molar-refractivity contribution in [3.63, 3.8) is 0 Å². The van der Waals surface area contributed by atoms with Gasteiger partial charge in [0.2, 0.25) is 0 Å².